The number of hydrogen-bond donors (Lipinski definition) is 0. The molecule has 1 heterocycles. The van der Waals surface area contributed by atoms with Crippen molar-refractivity contribution in [2.24, 2.45) is 17.8 Å². The second-order valence-electron chi connectivity index (χ2n) is 4.19. The third kappa shape index (κ3) is 2.82. The van der Waals surface area contributed by atoms with Gasteiger partial charge in [-0.2, -0.15) is 0 Å². The molecule has 0 saturated carbocycles. The Morgan fingerprint density at radius 1 is 1.36 bits per heavy atom. The van der Waals surface area contributed by atoms with E-state index in [1.165, 1.54) is 12.8 Å². The molecule has 1 fully saturated rings. The van der Waals surface area contributed by atoms with Gasteiger partial charge in [-0.3, -0.25) is 0 Å². The van der Waals surface area contributed by atoms with Crippen LogP contribution in [0.1, 0.15) is 33.6 Å². The Bertz CT molecular complexity index is 103. The molecule has 66 valence electrons. The van der Waals surface area contributed by atoms with E-state index in [0.29, 0.717) is 0 Å². The zero-order chi connectivity index (χ0) is 8.27. The van der Waals surface area contributed by atoms with Crippen LogP contribution in [0.2, 0.25) is 0 Å². The maximum absolute atomic E-state index is 5.34. The lowest BCUT2D eigenvalue weighted by molar-refractivity contribution is 0.177. The lowest BCUT2D eigenvalue weighted by atomic mass is 9.88. The van der Waals surface area contributed by atoms with Crippen LogP contribution in [0.15, 0.2) is 0 Å². The molecule has 0 spiro atoms. The first-order valence-corrected chi connectivity index (χ1v) is 4.78. The molecule has 1 saturated heterocycles. The fourth-order valence-corrected chi connectivity index (χ4v) is 1.57. The lowest BCUT2D eigenvalue weighted by Crippen LogP contribution is -2.11. The number of ether oxygens (including phenoxy) is 1. The average Bonchev–Trinajstić information content (AvgIpc) is 2.39. The molecule has 1 aliphatic rings. The van der Waals surface area contributed by atoms with Crippen molar-refractivity contribution in [3.8, 4) is 0 Å². The van der Waals surface area contributed by atoms with Gasteiger partial charge in [-0.25, -0.2) is 0 Å². The van der Waals surface area contributed by atoms with Crippen molar-refractivity contribution >= 4 is 0 Å². The highest BCUT2D eigenvalue weighted by Gasteiger charge is 2.19. The highest BCUT2D eigenvalue weighted by molar-refractivity contribution is 4.68. The predicted molar refractivity (Wildman–Crippen MR) is 47.5 cm³/mol. The first-order chi connectivity index (χ1) is 5.20. The van der Waals surface area contributed by atoms with E-state index in [2.05, 4.69) is 20.8 Å². The largest absolute Gasteiger partial charge is 0.381 e. The lowest BCUT2D eigenvalue weighted by Gasteiger charge is -2.18. The maximum Gasteiger partial charge on any atom is 0.0495 e. The Morgan fingerprint density at radius 3 is 2.55 bits per heavy atom. The predicted octanol–water partition coefficient (Wildman–Crippen LogP) is 2.71. The molecule has 0 amide bonds. The molecule has 0 aliphatic carbocycles. The molecule has 1 rings (SSSR count). The summed E-state index contributed by atoms with van der Waals surface area (Å²) in [4.78, 5) is 0. The molecule has 1 heteroatoms. The first-order valence-electron chi connectivity index (χ1n) is 4.78. The molecule has 0 aromatic carbocycles. The zero-order valence-electron chi connectivity index (χ0n) is 7.97. The van der Waals surface area contributed by atoms with E-state index in [1.54, 1.807) is 0 Å². The molecule has 0 N–H and O–H groups in total. The fourth-order valence-electron chi connectivity index (χ4n) is 1.57. The molecule has 1 aliphatic heterocycles. The minimum absolute atomic E-state index is 0.829. The van der Waals surface area contributed by atoms with Crippen molar-refractivity contribution in [2.75, 3.05) is 13.2 Å². The Labute approximate surface area is 70.1 Å². The van der Waals surface area contributed by atoms with Crippen LogP contribution in [0.3, 0.4) is 0 Å². The second-order valence-corrected chi connectivity index (χ2v) is 4.19. The zero-order valence-corrected chi connectivity index (χ0v) is 7.97. The first kappa shape index (κ1) is 9.05. The van der Waals surface area contributed by atoms with Crippen LogP contribution in [0, 0.1) is 17.8 Å². The van der Waals surface area contributed by atoms with E-state index < -0.39 is 0 Å². The van der Waals surface area contributed by atoms with Crippen LogP contribution in [0.5, 0.6) is 0 Å². The SMILES string of the molecule is CC(C)C(C)CC1CCOC1. The summed E-state index contributed by atoms with van der Waals surface area (Å²) < 4.78 is 5.34. The smallest absolute Gasteiger partial charge is 0.0495 e. The van der Waals surface area contributed by atoms with Crippen LogP contribution in [0.25, 0.3) is 0 Å². The molecule has 2 atom stereocenters. The Balaban J connectivity index is 2.18. The van der Waals surface area contributed by atoms with Crippen LogP contribution in [-0.2, 0) is 4.74 Å². The highest BCUT2D eigenvalue weighted by Crippen LogP contribution is 2.25. The highest BCUT2D eigenvalue weighted by atomic mass is 16.5. The third-order valence-corrected chi connectivity index (χ3v) is 2.87. The van der Waals surface area contributed by atoms with E-state index in [9.17, 15) is 0 Å². The quantitative estimate of drug-likeness (QED) is 0.610. The van der Waals surface area contributed by atoms with E-state index in [4.69, 9.17) is 4.74 Å². The van der Waals surface area contributed by atoms with Gasteiger partial charge in [-0.15, -0.1) is 0 Å². The average molecular weight is 156 g/mol. The summed E-state index contributed by atoms with van der Waals surface area (Å²) >= 11 is 0. The molecule has 0 radical (unpaired) electrons. The molecular weight excluding hydrogens is 136 g/mol. The Morgan fingerprint density at radius 2 is 2.09 bits per heavy atom. The van der Waals surface area contributed by atoms with Crippen LogP contribution >= 0.6 is 0 Å². The Kier molecular flexibility index (Phi) is 3.38. The summed E-state index contributed by atoms with van der Waals surface area (Å²) in [6, 6.07) is 0. The van der Waals surface area contributed by atoms with E-state index in [-0.39, 0.29) is 0 Å². The van der Waals surface area contributed by atoms with Crippen LogP contribution in [-0.4, -0.2) is 13.2 Å². The van der Waals surface area contributed by atoms with Gasteiger partial charge in [-0.1, -0.05) is 20.8 Å². The van der Waals surface area contributed by atoms with Crippen molar-refractivity contribution in [3.05, 3.63) is 0 Å². The molecule has 11 heavy (non-hydrogen) atoms. The summed E-state index contributed by atoms with van der Waals surface area (Å²) in [6.45, 7) is 8.97. The summed E-state index contributed by atoms with van der Waals surface area (Å²) in [5.74, 6) is 2.55. The van der Waals surface area contributed by atoms with E-state index in [1.807, 2.05) is 0 Å². The monoisotopic (exact) mass is 156 g/mol. The minimum Gasteiger partial charge on any atom is -0.381 e. The van der Waals surface area contributed by atoms with Gasteiger partial charge < -0.3 is 4.74 Å². The van der Waals surface area contributed by atoms with Crippen LogP contribution < -0.4 is 0 Å². The molecule has 2 unspecified atom stereocenters. The van der Waals surface area contributed by atoms with Gasteiger partial charge >= 0.3 is 0 Å². The van der Waals surface area contributed by atoms with Gasteiger partial charge in [-0.05, 0) is 30.6 Å². The molecule has 1 nitrogen and oxygen atoms in total. The fraction of sp³-hybridized carbons (Fsp3) is 1.00. The second kappa shape index (κ2) is 4.10. The maximum atomic E-state index is 5.34. The van der Waals surface area contributed by atoms with Crippen molar-refractivity contribution in [1.29, 1.82) is 0 Å². The van der Waals surface area contributed by atoms with Gasteiger partial charge in [0.1, 0.15) is 0 Å². The summed E-state index contributed by atoms with van der Waals surface area (Å²) in [7, 11) is 0. The third-order valence-electron chi connectivity index (χ3n) is 2.87. The minimum atomic E-state index is 0.829. The van der Waals surface area contributed by atoms with Crippen molar-refractivity contribution < 1.29 is 4.74 Å². The molecule has 0 bridgehead atoms. The number of rotatable bonds is 3. The van der Waals surface area contributed by atoms with Gasteiger partial charge in [0.25, 0.3) is 0 Å². The van der Waals surface area contributed by atoms with Crippen LogP contribution in [0.4, 0.5) is 0 Å². The molecule has 0 aromatic heterocycles. The van der Waals surface area contributed by atoms with Gasteiger partial charge in [0, 0.05) is 13.2 Å². The number of hydrogen-bond acceptors (Lipinski definition) is 1. The van der Waals surface area contributed by atoms with Gasteiger partial charge in [0.05, 0.1) is 0 Å². The van der Waals surface area contributed by atoms with Gasteiger partial charge in [0.2, 0.25) is 0 Å². The Hall–Kier alpha value is -0.0400. The normalized spacial score (nSPS) is 27.8. The van der Waals surface area contributed by atoms with Gasteiger partial charge in [0.15, 0.2) is 0 Å². The summed E-state index contributed by atoms with van der Waals surface area (Å²) in [5.41, 5.74) is 0. The van der Waals surface area contributed by atoms with Crippen molar-refractivity contribution in [2.45, 2.75) is 33.6 Å². The summed E-state index contributed by atoms with van der Waals surface area (Å²) in [6.07, 6.45) is 2.65. The summed E-state index contributed by atoms with van der Waals surface area (Å²) in [5, 5.41) is 0. The van der Waals surface area contributed by atoms with E-state index in [0.717, 1.165) is 31.0 Å². The molecular formula is C10H20O. The molecule has 0 aromatic rings. The topological polar surface area (TPSA) is 9.23 Å². The van der Waals surface area contributed by atoms with Crippen molar-refractivity contribution in [3.63, 3.8) is 0 Å². The van der Waals surface area contributed by atoms with E-state index >= 15 is 0 Å². The standard InChI is InChI=1S/C10H20O/c1-8(2)9(3)6-10-4-5-11-7-10/h8-10H,4-7H2,1-3H3. The van der Waals surface area contributed by atoms with Crippen molar-refractivity contribution in [1.82, 2.24) is 0 Å².